The molecule has 2 N–H and O–H groups in total. The van der Waals surface area contributed by atoms with Crippen LogP contribution in [0.1, 0.15) is 70.0 Å². The number of aliphatic hydroxyl groups excluding tert-OH is 2. The Balaban J connectivity index is 2.18. The number of aliphatic hydroxyl groups is 2. The molecule has 0 spiro atoms. The van der Waals surface area contributed by atoms with Crippen molar-refractivity contribution in [3.8, 4) is 0 Å². The van der Waals surface area contributed by atoms with E-state index in [-0.39, 0.29) is 0 Å². The monoisotopic (exact) mass is 342 g/mol. The molecular formula is C17H27BrO2. The minimum absolute atomic E-state index is 0.660. The summed E-state index contributed by atoms with van der Waals surface area (Å²) in [4.78, 5) is 0. The molecule has 1 aromatic rings. The standard InChI is InChI=1S/C17H27BrO2/c1-2-3-4-5-6-7-8-9-16(19)17(20)14-10-12-15(18)13-11-14/h10-13,16-17,19-20H,2-9H2,1H3. The molecule has 2 nitrogen and oxygen atoms in total. The molecule has 0 aliphatic rings. The number of unbranched alkanes of at least 4 members (excludes halogenated alkanes) is 6. The Bertz CT molecular complexity index is 351. The third kappa shape index (κ3) is 6.87. The quantitative estimate of drug-likeness (QED) is 0.588. The van der Waals surface area contributed by atoms with Crippen molar-refractivity contribution in [2.24, 2.45) is 0 Å². The lowest BCUT2D eigenvalue weighted by molar-refractivity contribution is 0.0120. The van der Waals surface area contributed by atoms with E-state index in [0.717, 1.165) is 22.9 Å². The second-order valence-electron chi connectivity index (χ2n) is 5.47. The first-order valence-corrected chi connectivity index (χ1v) is 8.56. The van der Waals surface area contributed by atoms with Crippen LogP contribution < -0.4 is 0 Å². The van der Waals surface area contributed by atoms with Crippen molar-refractivity contribution in [1.82, 2.24) is 0 Å². The molecule has 0 heterocycles. The van der Waals surface area contributed by atoms with E-state index in [1.54, 1.807) is 0 Å². The van der Waals surface area contributed by atoms with Crippen molar-refractivity contribution in [3.63, 3.8) is 0 Å². The van der Waals surface area contributed by atoms with Crippen molar-refractivity contribution >= 4 is 15.9 Å². The van der Waals surface area contributed by atoms with Crippen LogP contribution in [0.25, 0.3) is 0 Å². The fourth-order valence-electron chi connectivity index (χ4n) is 2.35. The fourth-order valence-corrected chi connectivity index (χ4v) is 2.61. The Morgan fingerprint density at radius 2 is 1.45 bits per heavy atom. The minimum Gasteiger partial charge on any atom is -0.390 e. The van der Waals surface area contributed by atoms with Crippen LogP contribution in [0, 0.1) is 0 Å². The Morgan fingerprint density at radius 3 is 2.05 bits per heavy atom. The van der Waals surface area contributed by atoms with Crippen LogP contribution in [0.4, 0.5) is 0 Å². The maximum atomic E-state index is 10.1. The van der Waals surface area contributed by atoms with Crippen LogP contribution >= 0.6 is 15.9 Å². The Labute approximate surface area is 131 Å². The van der Waals surface area contributed by atoms with Crippen LogP contribution in [0.15, 0.2) is 28.7 Å². The van der Waals surface area contributed by atoms with E-state index in [0.29, 0.717) is 6.42 Å². The highest BCUT2D eigenvalue weighted by atomic mass is 79.9. The van der Waals surface area contributed by atoms with Crippen LogP contribution in [-0.4, -0.2) is 16.3 Å². The first-order valence-electron chi connectivity index (χ1n) is 7.76. The van der Waals surface area contributed by atoms with E-state index in [1.165, 1.54) is 32.1 Å². The van der Waals surface area contributed by atoms with Gasteiger partial charge in [-0.15, -0.1) is 0 Å². The molecule has 0 aromatic heterocycles. The number of halogens is 1. The van der Waals surface area contributed by atoms with Gasteiger partial charge in [0.15, 0.2) is 0 Å². The van der Waals surface area contributed by atoms with Crippen LogP contribution in [-0.2, 0) is 0 Å². The number of benzene rings is 1. The third-order valence-corrected chi connectivity index (χ3v) is 4.21. The number of hydrogen-bond acceptors (Lipinski definition) is 2. The molecule has 0 fully saturated rings. The average molecular weight is 343 g/mol. The second kappa shape index (κ2) is 10.4. The summed E-state index contributed by atoms with van der Waals surface area (Å²) < 4.78 is 0.981. The second-order valence-corrected chi connectivity index (χ2v) is 6.39. The zero-order chi connectivity index (χ0) is 14.8. The highest BCUT2D eigenvalue weighted by molar-refractivity contribution is 9.10. The molecule has 20 heavy (non-hydrogen) atoms. The first-order chi connectivity index (χ1) is 9.65. The molecule has 2 unspecified atom stereocenters. The van der Waals surface area contributed by atoms with E-state index in [1.807, 2.05) is 24.3 Å². The minimum atomic E-state index is -0.775. The summed E-state index contributed by atoms with van der Waals surface area (Å²) in [6.45, 7) is 2.22. The molecule has 0 aliphatic carbocycles. The molecule has 1 aromatic carbocycles. The number of hydrogen-bond donors (Lipinski definition) is 2. The molecule has 0 amide bonds. The molecule has 0 bridgehead atoms. The van der Waals surface area contributed by atoms with Gasteiger partial charge in [-0.2, -0.15) is 0 Å². The predicted octanol–water partition coefficient (Wildman–Crippen LogP) is 4.98. The average Bonchev–Trinajstić information content (AvgIpc) is 2.46. The topological polar surface area (TPSA) is 40.5 Å². The van der Waals surface area contributed by atoms with Gasteiger partial charge in [0, 0.05) is 4.47 Å². The normalized spacial score (nSPS) is 14.2. The summed E-state index contributed by atoms with van der Waals surface area (Å²) in [5, 5.41) is 20.1. The highest BCUT2D eigenvalue weighted by Gasteiger charge is 2.17. The summed E-state index contributed by atoms with van der Waals surface area (Å²) >= 11 is 3.36. The highest BCUT2D eigenvalue weighted by Crippen LogP contribution is 2.22. The van der Waals surface area contributed by atoms with E-state index >= 15 is 0 Å². The molecule has 0 saturated heterocycles. The first kappa shape index (κ1) is 17.7. The lowest BCUT2D eigenvalue weighted by Gasteiger charge is -2.18. The molecule has 3 heteroatoms. The maximum Gasteiger partial charge on any atom is 0.105 e. The fraction of sp³-hybridized carbons (Fsp3) is 0.647. The van der Waals surface area contributed by atoms with E-state index in [9.17, 15) is 10.2 Å². The lowest BCUT2D eigenvalue weighted by Crippen LogP contribution is -2.18. The smallest absolute Gasteiger partial charge is 0.105 e. The molecular weight excluding hydrogens is 316 g/mol. The van der Waals surface area contributed by atoms with Crippen molar-refractivity contribution in [2.45, 2.75) is 70.5 Å². The third-order valence-electron chi connectivity index (χ3n) is 3.68. The van der Waals surface area contributed by atoms with Gasteiger partial charge in [0.2, 0.25) is 0 Å². The van der Waals surface area contributed by atoms with Gasteiger partial charge in [0.05, 0.1) is 6.10 Å². The van der Waals surface area contributed by atoms with E-state index < -0.39 is 12.2 Å². The zero-order valence-corrected chi connectivity index (χ0v) is 14.0. The van der Waals surface area contributed by atoms with Gasteiger partial charge >= 0.3 is 0 Å². The molecule has 114 valence electrons. The Hall–Kier alpha value is -0.380. The molecule has 0 radical (unpaired) electrons. The molecule has 0 saturated carbocycles. The van der Waals surface area contributed by atoms with E-state index in [2.05, 4.69) is 22.9 Å². The van der Waals surface area contributed by atoms with Crippen LogP contribution in [0.2, 0.25) is 0 Å². The molecule has 0 aliphatic heterocycles. The SMILES string of the molecule is CCCCCCCCCC(O)C(O)c1ccc(Br)cc1. The van der Waals surface area contributed by atoms with Gasteiger partial charge in [-0.3, -0.25) is 0 Å². The van der Waals surface area contributed by atoms with Crippen LogP contribution in [0.3, 0.4) is 0 Å². The van der Waals surface area contributed by atoms with Gasteiger partial charge in [-0.25, -0.2) is 0 Å². The largest absolute Gasteiger partial charge is 0.390 e. The number of rotatable bonds is 10. The van der Waals surface area contributed by atoms with Crippen molar-refractivity contribution in [3.05, 3.63) is 34.3 Å². The van der Waals surface area contributed by atoms with Crippen molar-refractivity contribution in [2.75, 3.05) is 0 Å². The predicted molar refractivity (Wildman–Crippen MR) is 87.7 cm³/mol. The van der Waals surface area contributed by atoms with Crippen molar-refractivity contribution in [1.29, 1.82) is 0 Å². The van der Waals surface area contributed by atoms with Gasteiger partial charge in [0.25, 0.3) is 0 Å². The maximum absolute atomic E-state index is 10.1. The summed E-state index contributed by atoms with van der Waals surface area (Å²) in [6, 6.07) is 7.48. The summed E-state index contributed by atoms with van der Waals surface area (Å²) in [7, 11) is 0. The summed E-state index contributed by atoms with van der Waals surface area (Å²) in [5.41, 5.74) is 0.781. The summed E-state index contributed by atoms with van der Waals surface area (Å²) in [5.74, 6) is 0. The molecule has 2 atom stereocenters. The van der Waals surface area contributed by atoms with Gasteiger partial charge in [-0.1, -0.05) is 79.9 Å². The zero-order valence-electron chi connectivity index (χ0n) is 12.4. The van der Waals surface area contributed by atoms with E-state index in [4.69, 9.17) is 0 Å². The van der Waals surface area contributed by atoms with Gasteiger partial charge in [-0.05, 0) is 24.1 Å². The Morgan fingerprint density at radius 1 is 0.900 bits per heavy atom. The van der Waals surface area contributed by atoms with Crippen LogP contribution in [0.5, 0.6) is 0 Å². The summed E-state index contributed by atoms with van der Waals surface area (Å²) in [6.07, 6.45) is 7.82. The van der Waals surface area contributed by atoms with Crippen molar-refractivity contribution < 1.29 is 10.2 Å². The molecule has 1 rings (SSSR count). The lowest BCUT2D eigenvalue weighted by atomic mass is 9.99. The van der Waals surface area contributed by atoms with Gasteiger partial charge < -0.3 is 10.2 Å². The van der Waals surface area contributed by atoms with Gasteiger partial charge in [0.1, 0.15) is 6.10 Å². The Kier molecular flexibility index (Phi) is 9.16.